The Kier molecular flexibility index (Phi) is 3.80. The largest absolute Gasteiger partial charge is 0.395 e. The van der Waals surface area contributed by atoms with Crippen molar-refractivity contribution < 1.29 is 5.11 Å². The molecule has 2 aromatic rings. The van der Waals surface area contributed by atoms with Gasteiger partial charge in [0.15, 0.2) is 0 Å². The summed E-state index contributed by atoms with van der Waals surface area (Å²) >= 11 is 0. The number of fused-ring (bicyclic) bond motifs is 1. The molecule has 1 aliphatic heterocycles. The highest BCUT2D eigenvalue weighted by molar-refractivity contribution is 5.76. The predicted octanol–water partition coefficient (Wildman–Crippen LogP) is 0.853. The zero-order valence-electron chi connectivity index (χ0n) is 11.4. The SMILES string of the molecule is O=c1c2ccccc2ncn1CCN1CCC[C@@H]1CO. The van der Waals surface area contributed by atoms with Gasteiger partial charge in [0.2, 0.25) is 0 Å². The number of rotatable bonds is 4. The van der Waals surface area contributed by atoms with Gasteiger partial charge >= 0.3 is 0 Å². The highest BCUT2D eigenvalue weighted by atomic mass is 16.3. The number of benzene rings is 1. The summed E-state index contributed by atoms with van der Waals surface area (Å²) in [6.45, 7) is 2.60. The molecule has 1 aliphatic rings. The minimum Gasteiger partial charge on any atom is -0.395 e. The van der Waals surface area contributed by atoms with Crippen molar-refractivity contribution in [2.24, 2.45) is 0 Å². The van der Waals surface area contributed by atoms with Crippen LogP contribution in [0.1, 0.15) is 12.8 Å². The maximum absolute atomic E-state index is 12.3. The van der Waals surface area contributed by atoms with Crippen LogP contribution in [0.15, 0.2) is 35.4 Å². The van der Waals surface area contributed by atoms with Crippen LogP contribution in [0.25, 0.3) is 10.9 Å². The van der Waals surface area contributed by atoms with Gasteiger partial charge in [0.05, 0.1) is 23.8 Å². The second-order valence-corrected chi connectivity index (χ2v) is 5.27. The average Bonchev–Trinajstić information content (AvgIpc) is 2.94. The molecule has 0 amide bonds. The summed E-state index contributed by atoms with van der Waals surface area (Å²) in [5.74, 6) is 0. The normalized spacial score (nSPS) is 19.8. The predicted molar refractivity (Wildman–Crippen MR) is 77.7 cm³/mol. The first-order valence-electron chi connectivity index (χ1n) is 7.08. The van der Waals surface area contributed by atoms with Gasteiger partial charge in [-0.3, -0.25) is 14.3 Å². The zero-order valence-corrected chi connectivity index (χ0v) is 11.4. The van der Waals surface area contributed by atoms with Gasteiger partial charge in [-0.25, -0.2) is 4.98 Å². The van der Waals surface area contributed by atoms with Crippen molar-refractivity contribution in [3.05, 3.63) is 40.9 Å². The first-order valence-corrected chi connectivity index (χ1v) is 7.08. The van der Waals surface area contributed by atoms with Gasteiger partial charge in [-0.15, -0.1) is 0 Å². The van der Waals surface area contributed by atoms with E-state index in [1.807, 2.05) is 24.3 Å². The van der Waals surface area contributed by atoms with E-state index in [9.17, 15) is 9.90 Å². The number of hydrogen-bond acceptors (Lipinski definition) is 4. The fourth-order valence-electron chi connectivity index (χ4n) is 2.90. The van der Waals surface area contributed by atoms with E-state index in [0.717, 1.165) is 31.4 Å². The van der Waals surface area contributed by atoms with Gasteiger partial charge in [-0.05, 0) is 31.5 Å². The van der Waals surface area contributed by atoms with Gasteiger partial charge in [-0.2, -0.15) is 0 Å². The molecular weight excluding hydrogens is 254 g/mol. The molecule has 1 saturated heterocycles. The maximum Gasteiger partial charge on any atom is 0.261 e. The summed E-state index contributed by atoms with van der Waals surface area (Å²) in [6, 6.07) is 7.66. The van der Waals surface area contributed by atoms with Crippen LogP contribution in [-0.4, -0.2) is 45.3 Å². The van der Waals surface area contributed by atoms with E-state index in [2.05, 4.69) is 9.88 Å². The third-order valence-electron chi connectivity index (χ3n) is 4.07. The first kappa shape index (κ1) is 13.3. The van der Waals surface area contributed by atoms with E-state index in [4.69, 9.17) is 0 Å². The summed E-state index contributed by atoms with van der Waals surface area (Å²) < 4.78 is 1.66. The van der Waals surface area contributed by atoms with E-state index in [1.165, 1.54) is 0 Å². The molecule has 1 aromatic carbocycles. The molecule has 0 aliphatic carbocycles. The van der Waals surface area contributed by atoms with Crippen LogP contribution in [-0.2, 0) is 6.54 Å². The molecule has 1 aromatic heterocycles. The summed E-state index contributed by atoms with van der Waals surface area (Å²) in [7, 11) is 0. The van der Waals surface area contributed by atoms with E-state index in [1.54, 1.807) is 10.9 Å². The van der Waals surface area contributed by atoms with Crippen LogP contribution in [0.5, 0.6) is 0 Å². The summed E-state index contributed by atoms with van der Waals surface area (Å²) in [5, 5.41) is 9.97. The number of nitrogens with zero attached hydrogens (tertiary/aromatic N) is 3. The van der Waals surface area contributed by atoms with Crippen LogP contribution >= 0.6 is 0 Å². The van der Waals surface area contributed by atoms with Crippen LogP contribution < -0.4 is 5.56 Å². The Morgan fingerprint density at radius 1 is 1.30 bits per heavy atom. The number of likely N-dealkylation sites (tertiary alicyclic amines) is 1. The lowest BCUT2D eigenvalue weighted by Gasteiger charge is -2.22. The molecule has 0 spiro atoms. The summed E-state index contributed by atoms with van der Waals surface area (Å²) in [6.07, 6.45) is 3.78. The quantitative estimate of drug-likeness (QED) is 0.897. The van der Waals surface area contributed by atoms with Gasteiger partial charge in [-0.1, -0.05) is 12.1 Å². The Hall–Kier alpha value is -1.72. The molecule has 3 rings (SSSR count). The van der Waals surface area contributed by atoms with Crippen molar-refractivity contribution in [3.63, 3.8) is 0 Å². The number of para-hydroxylation sites is 1. The third-order valence-corrected chi connectivity index (χ3v) is 4.07. The fourth-order valence-corrected chi connectivity index (χ4v) is 2.90. The van der Waals surface area contributed by atoms with Crippen molar-refractivity contribution in [2.45, 2.75) is 25.4 Å². The maximum atomic E-state index is 12.3. The molecule has 106 valence electrons. The monoisotopic (exact) mass is 273 g/mol. The topological polar surface area (TPSA) is 58.4 Å². The second kappa shape index (κ2) is 5.73. The number of aliphatic hydroxyl groups is 1. The van der Waals surface area contributed by atoms with Crippen molar-refractivity contribution >= 4 is 10.9 Å². The second-order valence-electron chi connectivity index (χ2n) is 5.27. The van der Waals surface area contributed by atoms with Crippen molar-refractivity contribution in [1.29, 1.82) is 0 Å². The third kappa shape index (κ3) is 2.46. The molecule has 0 radical (unpaired) electrons. The van der Waals surface area contributed by atoms with E-state index in [0.29, 0.717) is 11.9 Å². The minimum atomic E-state index is 0.00958. The molecule has 0 saturated carbocycles. The summed E-state index contributed by atoms with van der Waals surface area (Å²) in [5.41, 5.74) is 0.749. The van der Waals surface area contributed by atoms with E-state index in [-0.39, 0.29) is 18.2 Å². The molecule has 1 fully saturated rings. The Labute approximate surface area is 117 Å². The number of aliphatic hydroxyl groups excluding tert-OH is 1. The van der Waals surface area contributed by atoms with Gasteiger partial charge in [0.25, 0.3) is 5.56 Å². The number of aromatic nitrogens is 2. The molecule has 20 heavy (non-hydrogen) atoms. The molecule has 5 heteroatoms. The molecule has 5 nitrogen and oxygen atoms in total. The minimum absolute atomic E-state index is 0.00958. The molecule has 0 bridgehead atoms. The fraction of sp³-hybridized carbons (Fsp3) is 0.467. The lowest BCUT2D eigenvalue weighted by molar-refractivity contribution is 0.155. The summed E-state index contributed by atoms with van der Waals surface area (Å²) in [4.78, 5) is 18.9. The molecule has 2 heterocycles. The molecular formula is C15H19N3O2. The highest BCUT2D eigenvalue weighted by Crippen LogP contribution is 2.16. The van der Waals surface area contributed by atoms with Gasteiger partial charge in [0, 0.05) is 19.1 Å². The van der Waals surface area contributed by atoms with Crippen molar-refractivity contribution in [1.82, 2.24) is 14.5 Å². The van der Waals surface area contributed by atoms with E-state index < -0.39 is 0 Å². The lowest BCUT2D eigenvalue weighted by atomic mass is 10.2. The standard InChI is InChI=1S/C15H19N3O2/c19-10-12-4-3-7-17(12)8-9-18-11-16-14-6-2-1-5-13(14)15(18)20/h1-2,5-6,11-12,19H,3-4,7-10H2/t12-/m1/s1. The van der Waals surface area contributed by atoms with Gasteiger partial charge < -0.3 is 5.11 Å². The van der Waals surface area contributed by atoms with Crippen LogP contribution in [0, 0.1) is 0 Å². The Bertz CT molecular complexity index is 653. The lowest BCUT2D eigenvalue weighted by Crippen LogP contribution is -2.36. The Morgan fingerprint density at radius 2 is 2.15 bits per heavy atom. The smallest absolute Gasteiger partial charge is 0.261 e. The molecule has 1 N–H and O–H groups in total. The van der Waals surface area contributed by atoms with Crippen LogP contribution in [0.3, 0.4) is 0 Å². The first-order chi connectivity index (χ1) is 9.79. The average molecular weight is 273 g/mol. The zero-order chi connectivity index (χ0) is 13.9. The Morgan fingerprint density at radius 3 is 3.00 bits per heavy atom. The van der Waals surface area contributed by atoms with Crippen molar-refractivity contribution in [3.8, 4) is 0 Å². The van der Waals surface area contributed by atoms with Crippen LogP contribution in [0.4, 0.5) is 0 Å². The molecule has 1 atom stereocenters. The molecule has 0 unspecified atom stereocenters. The van der Waals surface area contributed by atoms with Crippen molar-refractivity contribution in [2.75, 3.05) is 19.7 Å². The van der Waals surface area contributed by atoms with E-state index >= 15 is 0 Å². The van der Waals surface area contributed by atoms with Crippen LogP contribution in [0.2, 0.25) is 0 Å². The van der Waals surface area contributed by atoms with Gasteiger partial charge in [0.1, 0.15) is 0 Å². The highest BCUT2D eigenvalue weighted by Gasteiger charge is 2.23. The Balaban J connectivity index is 1.78. The number of hydrogen-bond donors (Lipinski definition) is 1.